The van der Waals surface area contributed by atoms with Crippen molar-refractivity contribution >= 4 is 23.1 Å². The molecule has 8 nitrogen and oxygen atoms in total. The average Bonchev–Trinajstić information content (AvgIpc) is 3.94. The Labute approximate surface area is 346 Å². The molecule has 1 fully saturated rings. The Bertz CT molecular complexity index is 2230. The maximum atomic E-state index is 13.3. The number of carbonyl (C=O) groups excluding carboxylic acids is 1. The highest BCUT2D eigenvalue weighted by atomic mass is 16.5. The zero-order chi connectivity index (χ0) is 42.0. The van der Waals surface area contributed by atoms with Gasteiger partial charge < -0.3 is 20.3 Å². The Morgan fingerprint density at radius 1 is 0.862 bits per heavy atom. The summed E-state index contributed by atoms with van der Waals surface area (Å²) in [6.45, 7) is 23.3. The van der Waals surface area contributed by atoms with Gasteiger partial charge in [0.2, 0.25) is 0 Å². The van der Waals surface area contributed by atoms with E-state index in [0.29, 0.717) is 25.0 Å². The first kappa shape index (κ1) is 42.8. The molecule has 308 valence electrons. The lowest BCUT2D eigenvalue weighted by Crippen LogP contribution is -2.16. The monoisotopic (exact) mass is 784 g/mol. The maximum Gasteiger partial charge on any atom is 0.306 e. The highest BCUT2D eigenvalue weighted by molar-refractivity contribution is 6.21. The van der Waals surface area contributed by atoms with Crippen LogP contribution in [0.1, 0.15) is 134 Å². The second-order valence-corrected chi connectivity index (χ2v) is 17.0. The highest BCUT2D eigenvalue weighted by Gasteiger charge is 2.42. The van der Waals surface area contributed by atoms with E-state index in [-0.39, 0.29) is 30.8 Å². The first-order chi connectivity index (χ1) is 27.6. The molecule has 1 saturated heterocycles. The van der Waals surface area contributed by atoms with Crippen LogP contribution in [0.25, 0.3) is 0 Å². The lowest BCUT2D eigenvalue weighted by Gasteiger charge is -2.18. The molecule has 3 atom stereocenters. The van der Waals surface area contributed by atoms with E-state index >= 15 is 0 Å². The van der Waals surface area contributed by atoms with Crippen LogP contribution in [0.15, 0.2) is 141 Å². The number of hydrogen-bond acceptors (Lipinski definition) is 8. The Morgan fingerprint density at radius 3 is 2.22 bits per heavy atom. The van der Waals surface area contributed by atoms with Crippen molar-refractivity contribution in [3.8, 4) is 0 Å². The zero-order valence-corrected chi connectivity index (χ0v) is 36.7. The average molecular weight is 785 g/mol. The normalized spacial score (nSPS) is 22.5. The summed E-state index contributed by atoms with van der Waals surface area (Å²) >= 11 is 0. The molecule has 5 aliphatic heterocycles. The van der Waals surface area contributed by atoms with Crippen molar-refractivity contribution in [1.29, 1.82) is 0 Å². The quantitative estimate of drug-likeness (QED) is 0.120. The van der Waals surface area contributed by atoms with Crippen molar-refractivity contribution in [2.75, 3.05) is 6.61 Å². The Balaban J connectivity index is 1.30. The van der Waals surface area contributed by atoms with Gasteiger partial charge in [0.05, 0.1) is 40.3 Å². The Hall–Kier alpha value is -4.82. The third-order valence-electron chi connectivity index (χ3n) is 12.6. The molecule has 0 unspecified atom stereocenters. The van der Waals surface area contributed by atoms with Gasteiger partial charge >= 0.3 is 5.97 Å². The summed E-state index contributed by atoms with van der Waals surface area (Å²) in [5, 5.41) is 26.5. The summed E-state index contributed by atoms with van der Waals surface area (Å²) in [6.07, 6.45) is 16.8. The van der Waals surface area contributed by atoms with Crippen LogP contribution in [0, 0.1) is 11.8 Å². The summed E-state index contributed by atoms with van der Waals surface area (Å²) in [5.74, 6) is 0.0687. The number of aliphatic imine (C=N–C) groups is 3. The van der Waals surface area contributed by atoms with Gasteiger partial charge in [-0.15, -0.1) is 0 Å². The molecule has 1 aliphatic carbocycles. The molecular weight excluding hydrogens is 721 g/mol. The molecule has 3 N–H and O–H groups in total. The van der Waals surface area contributed by atoms with Crippen molar-refractivity contribution in [1.82, 2.24) is 5.32 Å². The van der Waals surface area contributed by atoms with E-state index in [2.05, 4.69) is 85.9 Å². The highest BCUT2D eigenvalue weighted by Crippen LogP contribution is 2.48. The minimum Gasteiger partial charge on any atom is -0.511 e. The van der Waals surface area contributed by atoms with Crippen molar-refractivity contribution in [3.63, 3.8) is 0 Å². The van der Waals surface area contributed by atoms with Crippen LogP contribution in [0.2, 0.25) is 0 Å². The van der Waals surface area contributed by atoms with Crippen molar-refractivity contribution in [2.24, 2.45) is 26.8 Å². The van der Waals surface area contributed by atoms with Crippen molar-refractivity contribution in [2.45, 2.75) is 140 Å². The van der Waals surface area contributed by atoms with Gasteiger partial charge in [-0.25, -0.2) is 15.0 Å². The largest absolute Gasteiger partial charge is 0.511 e. The number of aliphatic hydroxyl groups excluding tert-OH is 2. The van der Waals surface area contributed by atoms with E-state index in [1.54, 1.807) is 6.92 Å². The minimum atomic E-state index is -0.721. The number of aliphatic hydroxyl groups is 2. The third-order valence-corrected chi connectivity index (χ3v) is 12.6. The number of rotatable bonds is 14. The number of hydrogen-bond donors (Lipinski definition) is 3. The first-order valence-electron chi connectivity index (χ1n) is 21.4. The molecule has 58 heavy (non-hydrogen) atoms. The van der Waals surface area contributed by atoms with E-state index < -0.39 is 6.10 Å². The van der Waals surface area contributed by atoms with Crippen LogP contribution < -0.4 is 5.32 Å². The van der Waals surface area contributed by atoms with Crippen LogP contribution >= 0.6 is 0 Å². The van der Waals surface area contributed by atoms with Crippen molar-refractivity contribution in [3.05, 3.63) is 126 Å². The smallest absolute Gasteiger partial charge is 0.306 e. The molecule has 6 aliphatic rings. The SMILES string of the molecule is CCC1=C2C=C3N=C(C=C4N=C(C(C)=C4[C@H](C)O)C(C)=C4NC(=C5CC(O)=C1C5=N2)[C@@H](CCC(=O)OCC=C(C)CCC=C(C)CCC=C(C)C)[C@@H]4C)C(C)=C3CC. The minimum absolute atomic E-state index is 0.0104. The molecule has 0 amide bonds. The fourth-order valence-corrected chi connectivity index (χ4v) is 9.28. The molecule has 0 radical (unpaired) electrons. The molecule has 0 aromatic carbocycles. The second-order valence-electron chi connectivity index (χ2n) is 17.0. The number of nitrogens with zero attached hydrogens (tertiary/aromatic N) is 3. The van der Waals surface area contributed by atoms with Gasteiger partial charge in [-0.1, -0.05) is 49.6 Å². The van der Waals surface area contributed by atoms with Gasteiger partial charge in [-0.05, 0) is 146 Å². The number of ether oxygens (including phenoxy) is 1. The van der Waals surface area contributed by atoms with E-state index in [9.17, 15) is 15.0 Å². The fourth-order valence-electron chi connectivity index (χ4n) is 9.28. The number of fused-ring (bicyclic) bond motifs is 5. The lowest BCUT2D eigenvalue weighted by atomic mass is 9.85. The lowest BCUT2D eigenvalue weighted by molar-refractivity contribution is -0.142. The summed E-state index contributed by atoms with van der Waals surface area (Å²) in [5.41, 5.74) is 18.7. The van der Waals surface area contributed by atoms with Gasteiger partial charge in [0, 0.05) is 52.8 Å². The maximum absolute atomic E-state index is 13.3. The zero-order valence-electron chi connectivity index (χ0n) is 36.7. The first-order valence-corrected chi connectivity index (χ1v) is 21.4. The van der Waals surface area contributed by atoms with Gasteiger partial charge in [0.25, 0.3) is 0 Å². The number of allylic oxidation sites excluding steroid dienone is 16. The van der Waals surface area contributed by atoms with E-state index in [4.69, 9.17) is 19.7 Å². The summed E-state index contributed by atoms with van der Waals surface area (Å²) in [4.78, 5) is 28.9. The molecule has 0 aromatic rings. The van der Waals surface area contributed by atoms with E-state index in [1.807, 2.05) is 19.1 Å². The summed E-state index contributed by atoms with van der Waals surface area (Å²) in [6, 6.07) is 0. The molecule has 8 bridgehead atoms. The van der Waals surface area contributed by atoms with Crippen LogP contribution in [-0.4, -0.2) is 46.0 Å². The predicted octanol–water partition coefficient (Wildman–Crippen LogP) is 11.6. The topological polar surface area (TPSA) is 116 Å². The Kier molecular flexibility index (Phi) is 13.3. The van der Waals surface area contributed by atoms with Gasteiger partial charge in [0.15, 0.2) is 0 Å². The molecular formula is C50H64N4O4. The van der Waals surface area contributed by atoms with E-state index in [1.165, 1.54) is 16.7 Å². The van der Waals surface area contributed by atoms with E-state index in [0.717, 1.165) is 122 Å². The van der Waals surface area contributed by atoms with Gasteiger partial charge in [-0.3, -0.25) is 4.79 Å². The number of carbonyl (C=O) groups is 1. The van der Waals surface area contributed by atoms with Crippen molar-refractivity contribution < 1.29 is 19.7 Å². The summed E-state index contributed by atoms with van der Waals surface area (Å²) in [7, 11) is 0. The number of esters is 1. The van der Waals surface area contributed by atoms with Crippen LogP contribution in [0.3, 0.4) is 0 Å². The molecule has 8 heteroatoms. The molecule has 0 spiro atoms. The second kappa shape index (κ2) is 18.0. The molecule has 0 saturated carbocycles. The summed E-state index contributed by atoms with van der Waals surface area (Å²) < 4.78 is 5.77. The molecule has 5 heterocycles. The predicted molar refractivity (Wildman–Crippen MR) is 239 cm³/mol. The van der Waals surface area contributed by atoms with Gasteiger partial charge in [-0.2, -0.15) is 0 Å². The number of nitrogens with one attached hydrogen (secondary N) is 1. The fraction of sp³-hybridized carbons (Fsp3) is 0.480. The molecule has 0 aromatic heterocycles. The Morgan fingerprint density at radius 2 is 1.55 bits per heavy atom. The van der Waals surface area contributed by atoms with Gasteiger partial charge in [0.1, 0.15) is 12.4 Å². The van der Waals surface area contributed by atoms with Crippen LogP contribution in [0.4, 0.5) is 0 Å². The molecule has 6 rings (SSSR count). The standard InChI is InChI=1S/C50H64N4O4/c1-12-35-30(7)39-25-42-45(34(11)55)32(9)48(53-42)33(10)47-31(8)37(20-21-44(57)58-23-22-29(6)19-15-18-28(5)17-14-16-27(3)4)49(54-47)38-24-43(56)46-36(13-2)41(52-50(38)46)26-40(35)51-39/h16,18,22,25-26,31,34,37,54-56H,12-15,17,19-21,23-24H2,1-11H3/t31-,34-,37-/m0/s1. The van der Waals surface area contributed by atoms with Crippen LogP contribution in [-0.2, 0) is 9.53 Å². The van der Waals surface area contributed by atoms with Crippen LogP contribution in [0.5, 0.6) is 0 Å². The third kappa shape index (κ3) is 8.63.